The first-order valence-electron chi connectivity index (χ1n) is 7.14. The number of carbonyl (C=O) groups is 1. The van der Waals surface area contributed by atoms with Crippen molar-refractivity contribution in [3.63, 3.8) is 0 Å². The summed E-state index contributed by atoms with van der Waals surface area (Å²) in [7, 11) is 0. The van der Waals surface area contributed by atoms with E-state index in [1.54, 1.807) is 12.1 Å². The van der Waals surface area contributed by atoms with E-state index in [1.165, 1.54) is 6.07 Å². The van der Waals surface area contributed by atoms with E-state index in [-0.39, 0.29) is 5.02 Å². The van der Waals surface area contributed by atoms with Crippen LogP contribution in [0.5, 0.6) is 0 Å². The zero-order chi connectivity index (χ0) is 17.0. The lowest BCUT2D eigenvalue weighted by Crippen LogP contribution is -2.51. The Kier molecular flexibility index (Phi) is 6.20. The van der Waals surface area contributed by atoms with Gasteiger partial charge in [-0.3, -0.25) is 0 Å². The molecular formula is C16H24ClFN2O2. The van der Waals surface area contributed by atoms with Crippen LogP contribution >= 0.6 is 11.6 Å². The molecule has 0 atom stereocenters. The minimum atomic E-state index is -0.529. The number of rotatable bonds is 5. The van der Waals surface area contributed by atoms with E-state index in [2.05, 4.69) is 10.6 Å². The van der Waals surface area contributed by atoms with Gasteiger partial charge in [0.15, 0.2) is 0 Å². The SMILES string of the molecule is CC(C)(CNCc1ccc(F)c(Cl)c1)NC(=O)OC(C)(C)C. The van der Waals surface area contributed by atoms with Crippen LogP contribution in [0.1, 0.15) is 40.2 Å². The van der Waals surface area contributed by atoms with Crippen molar-refractivity contribution in [1.82, 2.24) is 10.6 Å². The van der Waals surface area contributed by atoms with Gasteiger partial charge in [-0.25, -0.2) is 9.18 Å². The fourth-order valence-electron chi connectivity index (χ4n) is 1.79. The Balaban J connectivity index is 2.45. The molecule has 2 N–H and O–H groups in total. The highest BCUT2D eigenvalue weighted by Crippen LogP contribution is 2.16. The number of alkyl carbamates (subject to hydrolysis) is 1. The van der Waals surface area contributed by atoms with Gasteiger partial charge in [0.2, 0.25) is 0 Å². The van der Waals surface area contributed by atoms with Gasteiger partial charge in [0.1, 0.15) is 11.4 Å². The van der Waals surface area contributed by atoms with Gasteiger partial charge >= 0.3 is 6.09 Å². The highest BCUT2D eigenvalue weighted by molar-refractivity contribution is 6.30. The Morgan fingerprint density at radius 1 is 1.27 bits per heavy atom. The second kappa shape index (κ2) is 7.29. The van der Waals surface area contributed by atoms with Crippen molar-refractivity contribution in [2.75, 3.05) is 6.54 Å². The lowest BCUT2D eigenvalue weighted by atomic mass is 10.1. The molecule has 124 valence electrons. The van der Waals surface area contributed by atoms with Crippen LogP contribution in [-0.4, -0.2) is 23.8 Å². The summed E-state index contributed by atoms with van der Waals surface area (Å²) in [5.41, 5.74) is -0.135. The minimum absolute atomic E-state index is 0.102. The molecular weight excluding hydrogens is 307 g/mol. The molecule has 0 unspecified atom stereocenters. The molecule has 0 spiro atoms. The van der Waals surface area contributed by atoms with Gasteiger partial charge in [-0.15, -0.1) is 0 Å². The standard InChI is InChI=1S/C16H24ClFN2O2/c1-15(2,3)22-14(21)20-16(4,5)10-19-9-11-6-7-13(18)12(17)8-11/h6-8,19H,9-10H2,1-5H3,(H,20,21). The van der Waals surface area contributed by atoms with E-state index >= 15 is 0 Å². The fraction of sp³-hybridized carbons (Fsp3) is 0.562. The number of benzene rings is 1. The summed E-state index contributed by atoms with van der Waals surface area (Å²) in [5, 5.41) is 6.12. The Labute approximate surface area is 136 Å². The smallest absolute Gasteiger partial charge is 0.408 e. The Hall–Kier alpha value is -1.33. The van der Waals surface area contributed by atoms with Crippen LogP contribution in [0.2, 0.25) is 5.02 Å². The summed E-state index contributed by atoms with van der Waals surface area (Å²) >= 11 is 5.74. The van der Waals surface area contributed by atoms with Gasteiger partial charge in [-0.2, -0.15) is 0 Å². The first kappa shape index (κ1) is 18.7. The number of halogens is 2. The average molecular weight is 331 g/mol. The molecule has 0 saturated carbocycles. The fourth-order valence-corrected chi connectivity index (χ4v) is 2.00. The van der Waals surface area contributed by atoms with Crippen LogP contribution in [0.25, 0.3) is 0 Å². The number of hydrogen-bond donors (Lipinski definition) is 2. The van der Waals surface area contributed by atoms with Gasteiger partial charge < -0.3 is 15.4 Å². The Bertz CT molecular complexity index is 527. The van der Waals surface area contributed by atoms with Gasteiger partial charge in [0, 0.05) is 13.1 Å². The molecule has 0 bridgehead atoms. The molecule has 1 aromatic carbocycles. The highest BCUT2D eigenvalue weighted by atomic mass is 35.5. The second-order valence-corrected chi connectivity index (χ2v) is 7.27. The third-order valence-electron chi connectivity index (χ3n) is 2.72. The van der Waals surface area contributed by atoms with Crippen molar-refractivity contribution in [2.24, 2.45) is 0 Å². The van der Waals surface area contributed by atoms with Crippen molar-refractivity contribution >= 4 is 17.7 Å². The molecule has 0 aliphatic rings. The molecule has 1 rings (SSSR count). The molecule has 22 heavy (non-hydrogen) atoms. The number of ether oxygens (including phenoxy) is 1. The summed E-state index contributed by atoms with van der Waals surface area (Å²) in [6.45, 7) is 10.3. The minimum Gasteiger partial charge on any atom is -0.444 e. The predicted molar refractivity (Wildman–Crippen MR) is 86.6 cm³/mol. The maximum Gasteiger partial charge on any atom is 0.408 e. The molecule has 4 nitrogen and oxygen atoms in total. The van der Waals surface area contributed by atoms with E-state index in [0.717, 1.165) is 5.56 Å². The number of amides is 1. The van der Waals surface area contributed by atoms with Crippen LogP contribution in [-0.2, 0) is 11.3 Å². The van der Waals surface area contributed by atoms with E-state index in [4.69, 9.17) is 16.3 Å². The van der Waals surface area contributed by atoms with Crippen LogP contribution in [0, 0.1) is 5.82 Å². The molecule has 0 radical (unpaired) electrons. The number of nitrogens with one attached hydrogen (secondary N) is 2. The van der Waals surface area contributed by atoms with Gasteiger partial charge in [-0.05, 0) is 52.3 Å². The highest BCUT2D eigenvalue weighted by Gasteiger charge is 2.24. The summed E-state index contributed by atoms with van der Waals surface area (Å²) in [6.07, 6.45) is -0.455. The first-order chi connectivity index (χ1) is 9.98. The maximum absolute atomic E-state index is 13.1. The normalized spacial score (nSPS) is 12.1. The molecule has 1 amide bonds. The van der Waals surface area contributed by atoms with Gasteiger partial charge in [0.25, 0.3) is 0 Å². The topological polar surface area (TPSA) is 50.4 Å². The molecule has 0 aliphatic heterocycles. The molecule has 0 heterocycles. The molecule has 0 aromatic heterocycles. The third kappa shape index (κ3) is 7.09. The Morgan fingerprint density at radius 3 is 2.45 bits per heavy atom. The summed E-state index contributed by atoms with van der Waals surface area (Å²) < 4.78 is 18.3. The lowest BCUT2D eigenvalue weighted by Gasteiger charge is -2.29. The van der Waals surface area contributed by atoms with Crippen molar-refractivity contribution < 1.29 is 13.9 Å². The molecule has 0 aliphatic carbocycles. The number of carbonyl (C=O) groups excluding carboxylic acids is 1. The largest absolute Gasteiger partial charge is 0.444 e. The first-order valence-corrected chi connectivity index (χ1v) is 7.52. The van der Waals surface area contributed by atoms with Crippen molar-refractivity contribution in [3.05, 3.63) is 34.6 Å². The molecule has 6 heteroatoms. The molecule has 0 saturated heterocycles. The maximum atomic E-state index is 13.1. The van der Waals surface area contributed by atoms with Gasteiger partial charge in [-0.1, -0.05) is 17.7 Å². The summed E-state index contributed by atoms with van der Waals surface area (Å²) in [4.78, 5) is 11.8. The van der Waals surface area contributed by atoms with E-state index in [1.807, 2.05) is 34.6 Å². The average Bonchev–Trinajstić information content (AvgIpc) is 2.30. The van der Waals surface area contributed by atoms with Crippen molar-refractivity contribution in [2.45, 2.75) is 52.3 Å². The molecule has 0 fully saturated rings. The van der Waals surface area contributed by atoms with Crippen molar-refractivity contribution in [3.8, 4) is 0 Å². The van der Waals surface area contributed by atoms with Gasteiger partial charge in [0.05, 0.1) is 10.6 Å². The van der Waals surface area contributed by atoms with Crippen molar-refractivity contribution in [1.29, 1.82) is 0 Å². The summed E-state index contributed by atoms with van der Waals surface area (Å²) in [5.74, 6) is -0.433. The van der Waals surface area contributed by atoms with E-state index in [0.29, 0.717) is 13.1 Å². The zero-order valence-electron chi connectivity index (χ0n) is 13.7. The molecule has 1 aromatic rings. The van der Waals surface area contributed by atoms with E-state index in [9.17, 15) is 9.18 Å². The predicted octanol–water partition coefficient (Wildman–Crippen LogP) is 3.87. The third-order valence-corrected chi connectivity index (χ3v) is 3.01. The van der Waals surface area contributed by atoms with Crippen LogP contribution in [0.4, 0.5) is 9.18 Å². The monoisotopic (exact) mass is 330 g/mol. The quantitative estimate of drug-likeness (QED) is 0.861. The van der Waals surface area contributed by atoms with Crippen LogP contribution in [0.15, 0.2) is 18.2 Å². The Morgan fingerprint density at radius 2 is 1.91 bits per heavy atom. The van der Waals surface area contributed by atoms with Crippen LogP contribution < -0.4 is 10.6 Å². The number of hydrogen-bond acceptors (Lipinski definition) is 3. The zero-order valence-corrected chi connectivity index (χ0v) is 14.5. The summed E-state index contributed by atoms with van der Waals surface area (Å²) in [6, 6.07) is 4.59. The second-order valence-electron chi connectivity index (χ2n) is 6.86. The lowest BCUT2D eigenvalue weighted by molar-refractivity contribution is 0.0472. The van der Waals surface area contributed by atoms with Crippen LogP contribution in [0.3, 0.4) is 0 Å². The van der Waals surface area contributed by atoms with E-state index < -0.39 is 23.1 Å².